The van der Waals surface area contributed by atoms with Gasteiger partial charge in [-0.05, 0) is 26.0 Å². The molecule has 0 spiro atoms. The van der Waals surface area contributed by atoms with Crippen molar-refractivity contribution in [3.8, 4) is 11.3 Å². The number of nitrogens with one attached hydrogen (secondary N) is 3. The monoisotopic (exact) mass is 377 g/mol. The number of fused-ring (bicyclic) bond motifs is 2. The number of hydrogen-bond donors (Lipinski definition) is 4. The Morgan fingerprint density at radius 1 is 1.32 bits per heavy atom. The second-order valence-corrected chi connectivity index (χ2v) is 6.92. The summed E-state index contributed by atoms with van der Waals surface area (Å²) in [6.45, 7) is 5.08. The third kappa shape index (κ3) is 3.25. The topological polar surface area (TPSA) is 103 Å². The number of rotatable bonds is 5. The van der Waals surface area contributed by atoms with Crippen molar-refractivity contribution in [1.29, 1.82) is 0 Å². The van der Waals surface area contributed by atoms with Crippen LogP contribution < -0.4 is 10.6 Å². The van der Waals surface area contributed by atoms with Gasteiger partial charge in [0.2, 0.25) is 0 Å². The average molecular weight is 377 g/mol. The molecule has 1 aliphatic heterocycles. The zero-order valence-corrected chi connectivity index (χ0v) is 16.0. The predicted molar refractivity (Wildman–Crippen MR) is 109 cm³/mol. The molecule has 2 aromatic heterocycles. The highest BCUT2D eigenvalue weighted by atomic mass is 16.3. The van der Waals surface area contributed by atoms with Gasteiger partial charge in [0.15, 0.2) is 5.82 Å². The summed E-state index contributed by atoms with van der Waals surface area (Å²) in [6.07, 6.45) is 2.81. The average Bonchev–Trinajstić information content (AvgIpc) is 3.16. The summed E-state index contributed by atoms with van der Waals surface area (Å²) in [6, 6.07) is 7.62. The van der Waals surface area contributed by atoms with Crippen LogP contribution in [-0.2, 0) is 13.0 Å². The SMILES string of the molecule is C/C=C(\C)CNc1nc2c(-c3cc4c([nH]3)CCNC4=O)cccc2nc1CO. The van der Waals surface area contributed by atoms with Gasteiger partial charge in [0.05, 0.1) is 17.7 Å². The van der Waals surface area contributed by atoms with Gasteiger partial charge in [0.1, 0.15) is 11.2 Å². The summed E-state index contributed by atoms with van der Waals surface area (Å²) in [7, 11) is 0. The minimum atomic E-state index is -0.193. The molecule has 0 saturated carbocycles. The highest BCUT2D eigenvalue weighted by Gasteiger charge is 2.21. The number of H-pyrrole nitrogens is 1. The Balaban J connectivity index is 1.82. The molecule has 1 amide bonds. The van der Waals surface area contributed by atoms with E-state index in [9.17, 15) is 9.90 Å². The van der Waals surface area contributed by atoms with Crippen LogP contribution in [0.2, 0.25) is 0 Å². The maximum absolute atomic E-state index is 12.1. The largest absolute Gasteiger partial charge is 0.390 e. The maximum Gasteiger partial charge on any atom is 0.253 e. The quantitative estimate of drug-likeness (QED) is 0.512. The first kappa shape index (κ1) is 18.2. The van der Waals surface area contributed by atoms with Crippen LogP contribution in [0.25, 0.3) is 22.3 Å². The van der Waals surface area contributed by atoms with Crippen molar-refractivity contribution in [2.24, 2.45) is 0 Å². The Kier molecular flexibility index (Phi) is 4.83. The number of aliphatic hydroxyl groups is 1. The molecule has 144 valence electrons. The predicted octanol–water partition coefficient (Wildman–Crippen LogP) is 2.78. The van der Waals surface area contributed by atoms with E-state index in [2.05, 4.69) is 20.6 Å². The number of amides is 1. The van der Waals surface area contributed by atoms with E-state index in [4.69, 9.17) is 4.98 Å². The summed E-state index contributed by atoms with van der Waals surface area (Å²) in [5.41, 5.74) is 6.45. The molecule has 1 aliphatic rings. The fourth-order valence-corrected chi connectivity index (χ4v) is 3.35. The molecule has 1 aromatic carbocycles. The summed E-state index contributed by atoms with van der Waals surface area (Å²) in [5, 5.41) is 15.9. The smallest absolute Gasteiger partial charge is 0.253 e. The lowest BCUT2D eigenvalue weighted by Gasteiger charge is -2.12. The van der Waals surface area contributed by atoms with Crippen molar-refractivity contribution in [3.05, 3.63) is 52.9 Å². The number of aromatic nitrogens is 3. The lowest BCUT2D eigenvalue weighted by Crippen LogP contribution is -2.31. The van der Waals surface area contributed by atoms with E-state index in [0.29, 0.717) is 35.7 Å². The van der Waals surface area contributed by atoms with E-state index in [0.717, 1.165) is 28.9 Å². The lowest BCUT2D eigenvalue weighted by atomic mass is 10.1. The van der Waals surface area contributed by atoms with Gasteiger partial charge in [-0.3, -0.25) is 4.79 Å². The second-order valence-electron chi connectivity index (χ2n) is 6.92. The van der Waals surface area contributed by atoms with E-state index < -0.39 is 0 Å². The third-order valence-electron chi connectivity index (χ3n) is 5.04. The van der Waals surface area contributed by atoms with Crippen LogP contribution >= 0.6 is 0 Å². The number of allylic oxidation sites excluding steroid dienone is 1. The molecular formula is C21H23N5O2. The second kappa shape index (κ2) is 7.44. The van der Waals surface area contributed by atoms with Gasteiger partial charge >= 0.3 is 0 Å². The summed E-state index contributed by atoms with van der Waals surface area (Å²) in [5.74, 6) is 0.513. The molecule has 7 nitrogen and oxygen atoms in total. The molecular weight excluding hydrogens is 354 g/mol. The van der Waals surface area contributed by atoms with Gasteiger partial charge in [-0.25, -0.2) is 9.97 Å². The molecule has 3 heterocycles. The van der Waals surface area contributed by atoms with E-state index in [1.165, 1.54) is 5.57 Å². The number of nitrogens with zero attached hydrogens (tertiary/aromatic N) is 2. The molecule has 0 saturated heterocycles. The van der Waals surface area contributed by atoms with E-state index in [1.54, 1.807) is 0 Å². The molecule has 0 unspecified atom stereocenters. The maximum atomic E-state index is 12.1. The molecule has 0 fully saturated rings. The standard InChI is InChI=1S/C21H23N5O2/c1-3-12(2)10-23-20-18(11-27)25-16-6-4-5-13(19(16)26-20)17-9-14-15(24-17)7-8-22-21(14)28/h3-6,9,24,27H,7-8,10-11H2,1-2H3,(H,22,28)(H,23,26)/b12-3+. The van der Waals surface area contributed by atoms with Crippen molar-refractivity contribution in [3.63, 3.8) is 0 Å². The van der Waals surface area contributed by atoms with E-state index >= 15 is 0 Å². The van der Waals surface area contributed by atoms with Crippen LogP contribution in [0.4, 0.5) is 5.82 Å². The summed E-state index contributed by atoms with van der Waals surface area (Å²) < 4.78 is 0. The molecule has 28 heavy (non-hydrogen) atoms. The molecule has 0 radical (unpaired) electrons. The molecule has 7 heteroatoms. The first-order chi connectivity index (χ1) is 13.6. The summed E-state index contributed by atoms with van der Waals surface area (Å²) in [4.78, 5) is 24.8. The van der Waals surface area contributed by atoms with Crippen LogP contribution in [0.3, 0.4) is 0 Å². The van der Waals surface area contributed by atoms with Crippen LogP contribution in [0.15, 0.2) is 35.9 Å². The van der Waals surface area contributed by atoms with Crippen LogP contribution in [0.1, 0.15) is 35.6 Å². The Bertz CT molecular complexity index is 1080. The number of carbonyl (C=O) groups is 1. The highest BCUT2D eigenvalue weighted by molar-refractivity contribution is 5.99. The lowest BCUT2D eigenvalue weighted by molar-refractivity contribution is 0.0946. The van der Waals surface area contributed by atoms with E-state index in [1.807, 2.05) is 44.2 Å². The van der Waals surface area contributed by atoms with Crippen molar-refractivity contribution < 1.29 is 9.90 Å². The molecule has 4 N–H and O–H groups in total. The number of benzene rings is 1. The minimum absolute atomic E-state index is 0.0539. The van der Waals surface area contributed by atoms with E-state index in [-0.39, 0.29) is 12.5 Å². The Hall–Kier alpha value is -3.19. The Morgan fingerprint density at radius 2 is 2.18 bits per heavy atom. The zero-order chi connectivity index (χ0) is 19.7. The van der Waals surface area contributed by atoms with Crippen molar-refractivity contribution in [2.75, 3.05) is 18.4 Å². The minimum Gasteiger partial charge on any atom is -0.390 e. The molecule has 0 aliphatic carbocycles. The van der Waals surface area contributed by atoms with Gasteiger partial charge < -0.3 is 20.7 Å². The van der Waals surface area contributed by atoms with Gasteiger partial charge in [0.25, 0.3) is 5.91 Å². The number of aromatic amines is 1. The first-order valence-electron chi connectivity index (χ1n) is 9.37. The molecule has 3 aromatic rings. The fourth-order valence-electron chi connectivity index (χ4n) is 3.35. The molecule has 0 bridgehead atoms. The number of carbonyl (C=O) groups excluding carboxylic acids is 1. The number of anilines is 1. The van der Waals surface area contributed by atoms with Crippen molar-refractivity contribution >= 4 is 22.8 Å². The van der Waals surface area contributed by atoms with Gasteiger partial charge in [0, 0.05) is 36.5 Å². The Labute approximate surface area is 162 Å². The van der Waals surface area contributed by atoms with Crippen LogP contribution in [0.5, 0.6) is 0 Å². The Morgan fingerprint density at radius 3 is 2.93 bits per heavy atom. The van der Waals surface area contributed by atoms with Gasteiger partial charge in [-0.15, -0.1) is 0 Å². The zero-order valence-electron chi connectivity index (χ0n) is 16.0. The van der Waals surface area contributed by atoms with Gasteiger partial charge in [-0.1, -0.05) is 23.8 Å². The molecule has 4 rings (SSSR count). The van der Waals surface area contributed by atoms with Crippen molar-refractivity contribution in [1.82, 2.24) is 20.3 Å². The highest BCUT2D eigenvalue weighted by Crippen LogP contribution is 2.30. The number of para-hydroxylation sites is 1. The van der Waals surface area contributed by atoms with Gasteiger partial charge in [-0.2, -0.15) is 0 Å². The third-order valence-corrected chi connectivity index (χ3v) is 5.04. The number of hydrogen-bond acceptors (Lipinski definition) is 5. The van der Waals surface area contributed by atoms with Crippen LogP contribution in [-0.4, -0.2) is 39.1 Å². The fraction of sp³-hybridized carbons (Fsp3) is 0.286. The summed E-state index contributed by atoms with van der Waals surface area (Å²) >= 11 is 0. The number of aliphatic hydroxyl groups excluding tert-OH is 1. The molecule has 0 atom stereocenters. The van der Waals surface area contributed by atoms with Crippen molar-refractivity contribution in [2.45, 2.75) is 26.9 Å². The van der Waals surface area contributed by atoms with Crippen LogP contribution in [0, 0.1) is 0 Å². The normalized spacial score (nSPS) is 14.1. The first-order valence-corrected chi connectivity index (χ1v) is 9.37.